The van der Waals surface area contributed by atoms with Gasteiger partial charge >= 0.3 is 0 Å². The Morgan fingerprint density at radius 3 is 2.77 bits per heavy atom. The van der Waals surface area contributed by atoms with Crippen LogP contribution in [0.2, 0.25) is 0 Å². The van der Waals surface area contributed by atoms with Crippen LogP contribution in [-0.2, 0) is 0 Å². The molecule has 0 saturated heterocycles. The zero-order valence-corrected chi connectivity index (χ0v) is 15.3. The van der Waals surface area contributed by atoms with Crippen molar-refractivity contribution in [3.8, 4) is 0 Å². The summed E-state index contributed by atoms with van der Waals surface area (Å²) in [5, 5.41) is 3.50. The lowest BCUT2D eigenvalue weighted by Crippen LogP contribution is -2.23. The predicted molar refractivity (Wildman–Crippen MR) is 103 cm³/mol. The van der Waals surface area contributed by atoms with Crippen LogP contribution in [0.1, 0.15) is 55.8 Å². The molecule has 4 rings (SSSR count). The summed E-state index contributed by atoms with van der Waals surface area (Å²) in [6.45, 7) is 4.07. The van der Waals surface area contributed by atoms with E-state index >= 15 is 0 Å². The summed E-state index contributed by atoms with van der Waals surface area (Å²) in [6, 6.07) is 0.503. The van der Waals surface area contributed by atoms with E-state index in [-0.39, 0.29) is 0 Å². The van der Waals surface area contributed by atoms with Gasteiger partial charge in [0.1, 0.15) is 0 Å². The maximum atomic E-state index is 4.71. The first-order valence-corrected chi connectivity index (χ1v) is 9.30. The van der Waals surface area contributed by atoms with Crippen molar-refractivity contribution in [1.82, 2.24) is 24.3 Å². The molecule has 0 unspecified atom stereocenters. The standard InChI is InChI=1S/C20H24N6/c1-3-17(15-11-23-20-21-9-10-26(20)13-15)18-12-22-19(24-14(18)2)25-16-7-5-4-6-8-16/h3,9-13,16H,4-8H2,1-2H3,(H,22,24,25)/b17-3-. The Morgan fingerprint density at radius 2 is 2.00 bits per heavy atom. The fourth-order valence-corrected chi connectivity index (χ4v) is 3.66. The van der Waals surface area contributed by atoms with E-state index in [1.807, 2.05) is 43.0 Å². The maximum absolute atomic E-state index is 4.71. The highest BCUT2D eigenvalue weighted by molar-refractivity contribution is 5.80. The van der Waals surface area contributed by atoms with Gasteiger partial charge < -0.3 is 5.32 Å². The van der Waals surface area contributed by atoms with Gasteiger partial charge in [0.25, 0.3) is 0 Å². The summed E-state index contributed by atoms with van der Waals surface area (Å²) in [5.41, 5.74) is 4.10. The molecule has 26 heavy (non-hydrogen) atoms. The van der Waals surface area contributed by atoms with Crippen LogP contribution in [-0.4, -0.2) is 30.4 Å². The molecule has 0 aliphatic heterocycles. The van der Waals surface area contributed by atoms with Crippen LogP contribution in [0, 0.1) is 6.92 Å². The second-order valence-corrected chi connectivity index (χ2v) is 6.85. The second kappa shape index (κ2) is 7.23. The summed E-state index contributed by atoms with van der Waals surface area (Å²) >= 11 is 0. The molecule has 1 aliphatic carbocycles. The molecule has 0 atom stereocenters. The number of hydrogen-bond donors (Lipinski definition) is 1. The number of hydrogen-bond acceptors (Lipinski definition) is 5. The molecule has 1 fully saturated rings. The minimum Gasteiger partial charge on any atom is -0.351 e. The zero-order chi connectivity index (χ0) is 17.9. The van der Waals surface area contributed by atoms with Crippen LogP contribution < -0.4 is 5.32 Å². The number of imidazole rings is 1. The maximum Gasteiger partial charge on any atom is 0.233 e. The smallest absolute Gasteiger partial charge is 0.233 e. The first-order chi connectivity index (χ1) is 12.7. The van der Waals surface area contributed by atoms with E-state index in [1.165, 1.54) is 32.1 Å². The average molecular weight is 348 g/mol. The Kier molecular flexibility index (Phi) is 4.65. The minimum absolute atomic E-state index is 0.503. The highest BCUT2D eigenvalue weighted by Crippen LogP contribution is 2.26. The molecule has 0 radical (unpaired) electrons. The van der Waals surface area contributed by atoms with E-state index < -0.39 is 0 Å². The second-order valence-electron chi connectivity index (χ2n) is 6.85. The van der Waals surface area contributed by atoms with E-state index in [0.29, 0.717) is 11.8 Å². The van der Waals surface area contributed by atoms with Crippen molar-refractivity contribution in [2.45, 2.75) is 52.0 Å². The van der Waals surface area contributed by atoms with Crippen molar-refractivity contribution >= 4 is 17.3 Å². The third kappa shape index (κ3) is 3.31. The summed E-state index contributed by atoms with van der Waals surface area (Å²) in [5.74, 6) is 1.43. The van der Waals surface area contributed by atoms with Crippen LogP contribution in [0.4, 0.5) is 5.95 Å². The summed E-state index contributed by atoms with van der Waals surface area (Å²) in [6.07, 6.45) is 17.9. The number of allylic oxidation sites excluding steroid dienone is 1. The van der Waals surface area contributed by atoms with Crippen molar-refractivity contribution in [2.75, 3.05) is 5.32 Å². The fourth-order valence-electron chi connectivity index (χ4n) is 3.66. The molecule has 3 heterocycles. The number of fused-ring (bicyclic) bond motifs is 1. The highest BCUT2D eigenvalue weighted by atomic mass is 15.1. The zero-order valence-electron chi connectivity index (χ0n) is 15.3. The Hall–Kier alpha value is -2.76. The first-order valence-electron chi connectivity index (χ1n) is 9.30. The van der Waals surface area contributed by atoms with E-state index in [0.717, 1.165) is 28.3 Å². The SMILES string of the molecule is C/C=C(/c1cnc2nccn2c1)c1cnc(NC2CCCCC2)nc1C. The molecular weight excluding hydrogens is 324 g/mol. The number of anilines is 1. The van der Waals surface area contributed by atoms with E-state index in [9.17, 15) is 0 Å². The summed E-state index contributed by atoms with van der Waals surface area (Å²) in [4.78, 5) is 17.9. The van der Waals surface area contributed by atoms with Gasteiger partial charge in [0.15, 0.2) is 0 Å². The number of aromatic nitrogens is 5. The molecule has 0 spiro atoms. The molecule has 1 N–H and O–H groups in total. The quantitative estimate of drug-likeness (QED) is 0.771. The van der Waals surface area contributed by atoms with Crippen molar-refractivity contribution in [1.29, 1.82) is 0 Å². The summed E-state index contributed by atoms with van der Waals surface area (Å²) in [7, 11) is 0. The molecule has 3 aromatic heterocycles. The molecule has 6 heteroatoms. The van der Waals surface area contributed by atoms with E-state index in [2.05, 4.69) is 26.3 Å². The lowest BCUT2D eigenvalue weighted by molar-refractivity contribution is 0.460. The van der Waals surface area contributed by atoms with Crippen molar-refractivity contribution < 1.29 is 0 Å². The van der Waals surface area contributed by atoms with Gasteiger partial charge in [0.2, 0.25) is 11.7 Å². The van der Waals surface area contributed by atoms with Gasteiger partial charge in [0.05, 0.1) is 5.69 Å². The lowest BCUT2D eigenvalue weighted by atomic mass is 9.96. The van der Waals surface area contributed by atoms with Gasteiger partial charge in [-0.3, -0.25) is 4.40 Å². The molecule has 0 aromatic carbocycles. The molecule has 3 aromatic rings. The number of aryl methyl sites for hydroxylation is 1. The van der Waals surface area contributed by atoms with Gasteiger partial charge in [0, 0.05) is 48.2 Å². The first kappa shape index (κ1) is 16.7. The summed E-state index contributed by atoms with van der Waals surface area (Å²) < 4.78 is 1.92. The van der Waals surface area contributed by atoms with Gasteiger partial charge in [-0.2, -0.15) is 0 Å². The van der Waals surface area contributed by atoms with E-state index in [1.54, 1.807) is 6.20 Å². The average Bonchev–Trinajstić information content (AvgIpc) is 3.13. The third-order valence-corrected chi connectivity index (χ3v) is 5.05. The number of rotatable bonds is 4. The molecule has 6 nitrogen and oxygen atoms in total. The van der Waals surface area contributed by atoms with Gasteiger partial charge in [-0.05, 0) is 32.3 Å². The minimum atomic E-state index is 0.503. The van der Waals surface area contributed by atoms with Crippen molar-refractivity contribution in [2.24, 2.45) is 0 Å². The molecule has 0 bridgehead atoms. The highest BCUT2D eigenvalue weighted by Gasteiger charge is 2.16. The van der Waals surface area contributed by atoms with Crippen LogP contribution in [0.3, 0.4) is 0 Å². The molecular formula is C20H24N6. The molecule has 134 valence electrons. The molecule has 1 saturated carbocycles. The Balaban J connectivity index is 1.60. The van der Waals surface area contributed by atoms with E-state index in [4.69, 9.17) is 4.98 Å². The normalized spacial score (nSPS) is 16.2. The van der Waals surface area contributed by atoms with Crippen LogP contribution in [0.5, 0.6) is 0 Å². The fraction of sp³-hybridized carbons (Fsp3) is 0.400. The van der Waals surface area contributed by atoms with Crippen molar-refractivity contribution in [3.63, 3.8) is 0 Å². The molecule has 1 aliphatic rings. The Morgan fingerprint density at radius 1 is 1.15 bits per heavy atom. The van der Waals surface area contributed by atoms with Crippen molar-refractivity contribution in [3.05, 3.63) is 53.9 Å². The van der Waals surface area contributed by atoms with Crippen LogP contribution in [0.25, 0.3) is 11.4 Å². The molecule has 0 amide bonds. The Bertz CT molecular complexity index is 936. The van der Waals surface area contributed by atoms with Gasteiger partial charge in [-0.25, -0.2) is 19.9 Å². The third-order valence-electron chi connectivity index (χ3n) is 5.05. The Labute approximate surface area is 153 Å². The van der Waals surface area contributed by atoms with Gasteiger partial charge in [-0.1, -0.05) is 25.3 Å². The van der Waals surface area contributed by atoms with Crippen LogP contribution in [0.15, 0.2) is 37.1 Å². The largest absolute Gasteiger partial charge is 0.351 e. The van der Waals surface area contributed by atoms with Crippen LogP contribution >= 0.6 is 0 Å². The number of nitrogens with one attached hydrogen (secondary N) is 1. The monoisotopic (exact) mass is 348 g/mol. The lowest BCUT2D eigenvalue weighted by Gasteiger charge is -2.23. The topological polar surface area (TPSA) is 68.0 Å². The number of nitrogens with zero attached hydrogens (tertiary/aromatic N) is 5. The predicted octanol–water partition coefficient (Wildman–Crippen LogP) is 4.02. The van der Waals surface area contributed by atoms with Gasteiger partial charge in [-0.15, -0.1) is 0 Å².